The van der Waals surface area contributed by atoms with E-state index in [1.165, 1.54) is 83.5 Å². The number of nitrogens with one attached hydrogen (secondary N) is 1. The molecule has 11 nitrogen and oxygen atoms in total. The third kappa shape index (κ3) is 38.6. The number of carbonyl (C=O) groups excluding carboxylic acids is 2. The van der Waals surface area contributed by atoms with Gasteiger partial charge in [0.25, 0.3) is 0 Å². The van der Waals surface area contributed by atoms with Crippen LogP contribution in [-0.2, 0) is 32.7 Å². The zero-order valence-corrected chi connectivity index (χ0v) is 36.1. The molecular formula is C44H80NO10P. The molecule has 3 unspecified atom stereocenters. The van der Waals surface area contributed by atoms with Crippen LogP contribution in [0.3, 0.4) is 0 Å². The smallest absolute Gasteiger partial charge is 0.472 e. The van der Waals surface area contributed by atoms with Crippen molar-refractivity contribution in [3.63, 3.8) is 0 Å². The number of hydrogen-bond donors (Lipinski definition) is 4. The number of phosphoric acid groups is 1. The molecule has 0 aliphatic heterocycles. The lowest BCUT2D eigenvalue weighted by molar-refractivity contribution is -0.147. The average molecular weight is 814 g/mol. The molecule has 0 aromatic rings. The van der Waals surface area contributed by atoms with Gasteiger partial charge in [0, 0.05) is 12.8 Å². The zero-order chi connectivity index (χ0) is 41.4. The van der Waals surface area contributed by atoms with Gasteiger partial charge < -0.3 is 25.2 Å². The highest BCUT2D eigenvalue weighted by Crippen LogP contribution is 2.43. The van der Waals surface area contributed by atoms with Gasteiger partial charge in [-0.15, -0.1) is 0 Å². The number of aliphatic carboxylic acids is 1. The number of allylic oxidation sites excluding steroid dienone is 6. The fourth-order valence-electron chi connectivity index (χ4n) is 5.91. The van der Waals surface area contributed by atoms with E-state index in [2.05, 4.69) is 55.6 Å². The Morgan fingerprint density at radius 3 is 1.52 bits per heavy atom. The summed E-state index contributed by atoms with van der Waals surface area (Å²) in [4.78, 5) is 45.9. The van der Waals surface area contributed by atoms with Crippen molar-refractivity contribution < 1.29 is 47.8 Å². The van der Waals surface area contributed by atoms with Crippen molar-refractivity contribution in [2.75, 3.05) is 19.8 Å². The van der Waals surface area contributed by atoms with E-state index in [-0.39, 0.29) is 12.8 Å². The maximum Gasteiger partial charge on any atom is 0.472 e. The van der Waals surface area contributed by atoms with Gasteiger partial charge in [0.05, 0.1) is 13.2 Å². The van der Waals surface area contributed by atoms with Crippen molar-refractivity contribution >= 4 is 25.7 Å². The molecule has 0 aliphatic rings. The van der Waals surface area contributed by atoms with E-state index in [1.54, 1.807) is 0 Å². The summed E-state index contributed by atoms with van der Waals surface area (Å²) < 4.78 is 26.8. The molecule has 0 spiro atoms. The van der Waals surface area contributed by atoms with Gasteiger partial charge >= 0.3 is 19.8 Å². The van der Waals surface area contributed by atoms with Gasteiger partial charge in [-0.05, 0) is 64.2 Å². The molecule has 12 heteroatoms. The summed E-state index contributed by atoms with van der Waals surface area (Å²) in [7, 11) is -4.76. The molecule has 0 saturated heterocycles. The summed E-state index contributed by atoms with van der Waals surface area (Å²) in [6.07, 6.45) is 41.7. The van der Waals surface area contributed by atoms with E-state index in [1.807, 2.05) is 0 Å². The molecule has 1 amide bonds. The molecule has 0 bridgehead atoms. The van der Waals surface area contributed by atoms with E-state index in [0.29, 0.717) is 12.8 Å². The molecule has 326 valence electrons. The van der Waals surface area contributed by atoms with Crippen LogP contribution in [0, 0.1) is 0 Å². The molecule has 0 saturated carbocycles. The second-order valence-electron chi connectivity index (χ2n) is 14.9. The molecular weight excluding hydrogens is 733 g/mol. The van der Waals surface area contributed by atoms with E-state index in [9.17, 15) is 34.1 Å². The Kier molecular flexibility index (Phi) is 37.9. The SMILES string of the molecule is CCCC/C=C\C/C=C\CCCCCCCC(=O)NC(COP(=O)(O)OCC(O)COC(=O)CCCCCCCCC/C=C\CCCCCCCCC)C(=O)O. The summed E-state index contributed by atoms with van der Waals surface area (Å²) in [5.41, 5.74) is 0. The number of esters is 1. The highest BCUT2D eigenvalue weighted by atomic mass is 31.2. The second kappa shape index (κ2) is 39.5. The number of carboxylic acid groups (broad SMARTS) is 1. The number of unbranched alkanes of at least 4 members (excludes halogenated alkanes) is 21. The first-order valence-corrected chi connectivity index (χ1v) is 23.5. The Bertz CT molecular complexity index is 1100. The predicted molar refractivity (Wildman–Crippen MR) is 226 cm³/mol. The van der Waals surface area contributed by atoms with Crippen molar-refractivity contribution in [2.45, 2.75) is 206 Å². The Balaban J connectivity index is 3.90. The van der Waals surface area contributed by atoms with Crippen molar-refractivity contribution in [2.24, 2.45) is 0 Å². The first-order valence-electron chi connectivity index (χ1n) is 22.0. The number of hydrogen-bond acceptors (Lipinski definition) is 8. The third-order valence-corrected chi connectivity index (χ3v) is 10.4. The minimum atomic E-state index is -4.76. The van der Waals surface area contributed by atoms with E-state index in [0.717, 1.165) is 70.6 Å². The van der Waals surface area contributed by atoms with Crippen LogP contribution in [-0.4, -0.2) is 64.9 Å². The van der Waals surface area contributed by atoms with Gasteiger partial charge in [-0.2, -0.15) is 0 Å². The maximum absolute atomic E-state index is 12.3. The normalized spacial score (nSPS) is 14.1. The minimum Gasteiger partial charge on any atom is -0.480 e. The van der Waals surface area contributed by atoms with Crippen LogP contribution in [0.1, 0.15) is 194 Å². The summed E-state index contributed by atoms with van der Waals surface area (Å²) >= 11 is 0. The average Bonchev–Trinajstić information content (AvgIpc) is 3.17. The summed E-state index contributed by atoms with van der Waals surface area (Å²) in [6.45, 7) is 2.53. The maximum atomic E-state index is 12.3. The van der Waals surface area contributed by atoms with Crippen molar-refractivity contribution in [3.05, 3.63) is 36.5 Å². The summed E-state index contributed by atoms with van der Waals surface area (Å²) in [5, 5.41) is 21.8. The van der Waals surface area contributed by atoms with Gasteiger partial charge in [-0.3, -0.25) is 18.6 Å². The molecule has 0 rings (SSSR count). The second-order valence-corrected chi connectivity index (χ2v) is 16.3. The lowest BCUT2D eigenvalue weighted by Gasteiger charge is -2.18. The number of carboxylic acids is 1. The highest BCUT2D eigenvalue weighted by molar-refractivity contribution is 7.47. The lowest BCUT2D eigenvalue weighted by Crippen LogP contribution is -2.43. The molecule has 56 heavy (non-hydrogen) atoms. The molecule has 0 aromatic carbocycles. The van der Waals surface area contributed by atoms with Gasteiger partial charge in [0.2, 0.25) is 5.91 Å². The molecule has 0 aromatic heterocycles. The standard InChI is InChI=1S/C44H80NO10P/c1-3-5-7-9-11-13-15-17-19-20-21-22-24-26-28-30-32-34-36-43(48)53-37-40(46)38-54-56(51,52)55-39-41(44(49)50)45-42(47)35-33-31-29-27-25-23-18-16-14-12-10-8-6-4-2/h10,12,16,18-20,40-41,46H,3-9,11,13-15,17,21-39H2,1-2H3,(H,45,47)(H,49,50)(H,51,52)/b12-10-,18-16-,20-19-. The predicted octanol–water partition coefficient (Wildman–Crippen LogP) is 11.2. The van der Waals surface area contributed by atoms with Gasteiger partial charge in [0.15, 0.2) is 6.04 Å². The van der Waals surface area contributed by atoms with Crippen LogP contribution in [0.5, 0.6) is 0 Å². The Morgan fingerprint density at radius 2 is 1.00 bits per heavy atom. The molecule has 0 aliphatic carbocycles. The largest absolute Gasteiger partial charge is 0.480 e. The minimum absolute atomic E-state index is 0.129. The number of phosphoric ester groups is 1. The number of aliphatic hydroxyl groups is 1. The number of rotatable bonds is 41. The molecule has 0 fully saturated rings. The highest BCUT2D eigenvalue weighted by Gasteiger charge is 2.28. The topological polar surface area (TPSA) is 169 Å². The van der Waals surface area contributed by atoms with E-state index >= 15 is 0 Å². The number of carbonyl (C=O) groups is 3. The van der Waals surface area contributed by atoms with Gasteiger partial charge in [-0.1, -0.05) is 153 Å². The van der Waals surface area contributed by atoms with Crippen LogP contribution >= 0.6 is 7.82 Å². The van der Waals surface area contributed by atoms with E-state index in [4.69, 9.17) is 13.8 Å². The Labute approximate surface area is 340 Å². The molecule has 3 atom stereocenters. The van der Waals surface area contributed by atoms with Crippen LogP contribution < -0.4 is 5.32 Å². The molecule has 4 N–H and O–H groups in total. The monoisotopic (exact) mass is 814 g/mol. The quantitative estimate of drug-likeness (QED) is 0.0202. The number of amides is 1. The molecule has 0 heterocycles. The summed E-state index contributed by atoms with van der Waals surface area (Å²) in [5.74, 6) is -2.40. The first kappa shape index (κ1) is 53.7. The van der Waals surface area contributed by atoms with Crippen molar-refractivity contribution in [3.8, 4) is 0 Å². The Hall–Kier alpha value is -2.30. The van der Waals surface area contributed by atoms with Crippen molar-refractivity contribution in [1.82, 2.24) is 5.32 Å². The summed E-state index contributed by atoms with van der Waals surface area (Å²) in [6, 6.07) is -1.55. The molecule has 0 radical (unpaired) electrons. The van der Waals surface area contributed by atoms with Crippen LogP contribution in [0.2, 0.25) is 0 Å². The number of aliphatic hydroxyl groups excluding tert-OH is 1. The fourth-order valence-corrected chi connectivity index (χ4v) is 6.69. The Morgan fingerprint density at radius 1 is 0.571 bits per heavy atom. The van der Waals surface area contributed by atoms with Gasteiger partial charge in [0.1, 0.15) is 12.7 Å². The van der Waals surface area contributed by atoms with Gasteiger partial charge in [-0.25, -0.2) is 9.36 Å². The van der Waals surface area contributed by atoms with Crippen LogP contribution in [0.15, 0.2) is 36.5 Å². The van der Waals surface area contributed by atoms with Crippen LogP contribution in [0.4, 0.5) is 0 Å². The first-order chi connectivity index (χ1) is 27.1. The van der Waals surface area contributed by atoms with Crippen LogP contribution in [0.25, 0.3) is 0 Å². The fraction of sp³-hybridized carbons (Fsp3) is 0.795. The lowest BCUT2D eigenvalue weighted by atomic mass is 10.1. The third-order valence-electron chi connectivity index (χ3n) is 9.40. The number of ether oxygens (including phenoxy) is 1. The zero-order valence-electron chi connectivity index (χ0n) is 35.2. The van der Waals surface area contributed by atoms with Crippen molar-refractivity contribution in [1.29, 1.82) is 0 Å². The van der Waals surface area contributed by atoms with E-state index < -0.39 is 57.6 Å².